The van der Waals surface area contributed by atoms with E-state index in [4.69, 9.17) is 0 Å². The number of hydrogen-bond donors (Lipinski definition) is 1. The molecule has 1 amide bonds. The van der Waals surface area contributed by atoms with E-state index < -0.39 is 6.10 Å². The predicted molar refractivity (Wildman–Crippen MR) is 113 cm³/mol. The second kappa shape index (κ2) is 8.21. The molecule has 5 heteroatoms. The third kappa shape index (κ3) is 4.25. The number of amides is 1. The Hall–Kier alpha value is -2.92. The predicted octanol–water partition coefficient (Wildman–Crippen LogP) is 3.54. The zero-order chi connectivity index (χ0) is 20.4. The first-order valence-electron chi connectivity index (χ1n) is 10.1. The van der Waals surface area contributed by atoms with Crippen molar-refractivity contribution in [3.8, 4) is 0 Å². The minimum absolute atomic E-state index is 0.0202. The molecule has 1 saturated heterocycles. The molecule has 1 aromatic heterocycles. The average molecular weight is 389 g/mol. The van der Waals surface area contributed by atoms with Gasteiger partial charge in [-0.25, -0.2) is 0 Å². The van der Waals surface area contributed by atoms with E-state index in [9.17, 15) is 9.90 Å². The monoisotopic (exact) mass is 389 g/mol. The number of likely N-dealkylation sites (tertiary alicyclic amines) is 1. The number of rotatable bonds is 4. The zero-order valence-corrected chi connectivity index (χ0v) is 17.0. The van der Waals surface area contributed by atoms with Gasteiger partial charge in [0.25, 0.3) is 5.91 Å². The first kappa shape index (κ1) is 19.4. The van der Waals surface area contributed by atoms with Gasteiger partial charge in [0.2, 0.25) is 0 Å². The second-order valence-electron chi connectivity index (χ2n) is 7.91. The Morgan fingerprint density at radius 1 is 1.10 bits per heavy atom. The normalized spacial score (nSPS) is 19.3. The number of hydrogen-bond acceptors (Lipinski definition) is 3. The molecule has 4 rings (SSSR count). The molecule has 0 saturated carbocycles. The number of nitrogens with zero attached hydrogens (tertiary/aromatic N) is 3. The Labute approximate surface area is 171 Å². The summed E-state index contributed by atoms with van der Waals surface area (Å²) in [5.74, 6) is 0.0663. The largest absolute Gasteiger partial charge is 0.391 e. The van der Waals surface area contributed by atoms with E-state index in [-0.39, 0.29) is 11.8 Å². The third-order valence-corrected chi connectivity index (χ3v) is 5.73. The number of aromatic nitrogens is 2. The van der Waals surface area contributed by atoms with Crippen LogP contribution in [0.25, 0.3) is 0 Å². The summed E-state index contributed by atoms with van der Waals surface area (Å²) in [6.45, 7) is 5.74. The van der Waals surface area contributed by atoms with Crippen LogP contribution in [0.4, 0.5) is 0 Å². The number of carbonyl (C=O) groups is 1. The van der Waals surface area contributed by atoms with Crippen LogP contribution in [-0.2, 0) is 6.54 Å². The number of carbonyl (C=O) groups excluding carboxylic acids is 1. The van der Waals surface area contributed by atoms with Crippen LogP contribution in [0.15, 0.2) is 60.7 Å². The van der Waals surface area contributed by atoms with E-state index in [1.807, 2.05) is 73.1 Å². The number of piperidine rings is 1. The van der Waals surface area contributed by atoms with Gasteiger partial charge in [0.1, 0.15) is 0 Å². The molecule has 1 fully saturated rings. The molecule has 0 unspecified atom stereocenters. The lowest BCUT2D eigenvalue weighted by Crippen LogP contribution is -2.45. The summed E-state index contributed by atoms with van der Waals surface area (Å²) in [7, 11) is 0. The van der Waals surface area contributed by atoms with Gasteiger partial charge in [-0.3, -0.25) is 9.48 Å². The lowest BCUT2D eigenvalue weighted by molar-refractivity contribution is 0.0382. The molecule has 0 radical (unpaired) electrons. The maximum atomic E-state index is 12.9. The first-order chi connectivity index (χ1) is 14.0. The van der Waals surface area contributed by atoms with Crippen LogP contribution >= 0.6 is 0 Å². The van der Waals surface area contributed by atoms with Crippen molar-refractivity contribution in [2.75, 3.05) is 13.1 Å². The van der Waals surface area contributed by atoms with Crippen LogP contribution in [0.2, 0.25) is 0 Å². The topological polar surface area (TPSA) is 58.4 Å². The van der Waals surface area contributed by atoms with Crippen LogP contribution in [0.1, 0.15) is 45.2 Å². The molecule has 2 aromatic carbocycles. The van der Waals surface area contributed by atoms with E-state index in [1.54, 1.807) is 4.90 Å². The van der Waals surface area contributed by atoms with Crippen molar-refractivity contribution in [3.05, 3.63) is 88.7 Å². The number of aryl methyl sites for hydroxylation is 2. The summed E-state index contributed by atoms with van der Waals surface area (Å²) in [4.78, 5) is 14.7. The van der Waals surface area contributed by atoms with Crippen molar-refractivity contribution in [2.24, 2.45) is 0 Å². The van der Waals surface area contributed by atoms with Crippen LogP contribution in [0, 0.1) is 13.8 Å². The lowest BCUT2D eigenvalue weighted by atomic mass is 9.87. The Balaban J connectivity index is 1.40. The van der Waals surface area contributed by atoms with Gasteiger partial charge in [0, 0.05) is 30.3 Å². The van der Waals surface area contributed by atoms with Crippen LogP contribution in [0.5, 0.6) is 0 Å². The maximum Gasteiger partial charge on any atom is 0.253 e. The van der Waals surface area contributed by atoms with E-state index in [0.717, 1.165) is 28.9 Å². The Morgan fingerprint density at radius 2 is 1.83 bits per heavy atom. The van der Waals surface area contributed by atoms with Gasteiger partial charge in [-0.2, -0.15) is 5.10 Å². The SMILES string of the molecule is Cc1cc(C)n(Cc2ccc(C(=O)N3CC[C@H](c4ccccc4)[C@H](O)C3)cc2)n1. The molecule has 0 spiro atoms. The Bertz CT molecular complexity index is 979. The molecular formula is C24H27N3O2. The fraction of sp³-hybridized carbons (Fsp3) is 0.333. The third-order valence-electron chi connectivity index (χ3n) is 5.73. The average Bonchev–Trinajstić information content (AvgIpc) is 3.05. The van der Waals surface area contributed by atoms with Crippen molar-refractivity contribution in [2.45, 2.75) is 38.8 Å². The molecule has 29 heavy (non-hydrogen) atoms. The van der Waals surface area contributed by atoms with Gasteiger partial charge in [-0.05, 0) is 49.6 Å². The summed E-state index contributed by atoms with van der Waals surface area (Å²) in [6, 6.07) is 19.8. The fourth-order valence-electron chi connectivity index (χ4n) is 4.15. The van der Waals surface area contributed by atoms with Gasteiger partial charge >= 0.3 is 0 Å². The summed E-state index contributed by atoms with van der Waals surface area (Å²) in [6.07, 6.45) is 0.229. The van der Waals surface area contributed by atoms with Crippen molar-refractivity contribution >= 4 is 5.91 Å². The minimum Gasteiger partial charge on any atom is -0.391 e. The van der Waals surface area contributed by atoms with Crippen molar-refractivity contribution < 1.29 is 9.90 Å². The number of aliphatic hydroxyl groups excluding tert-OH is 1. The summed E-state index contributed by atoms with van der Waals surface area (Å²) < 4.78 is 1.97. The fourth-order valence-corrected chi connectivity index (χ4v) is 4.15. The van der Waals surface area contributed by atoms with E-state index in [0.29, 0.717) is 25.2 Å². The highest BCUT2D eigenvalue weighted by Crippen LogP contribution is 2.29. The van der Waals surface area contributed by atoms with E-state index >= 15 is 0 Å². The minimum atomic E-state index is -0.541. The quantitative estimate of drug-likeness (QED) is 0.743. The molecule has 2 heterocycles. The van der Waals surface area contributed by atoms with Crippen LogP contribution < -0.4 is 0 Å². The van der Waals surface area contributed by atoms with Gasteiger partial charge in [0.15, 0.2) is 0 Å². The maximum absolute atomic E-state index is 12.9. The molecule has 0 aliphatic carbocycles. The summed E-state index contributed by atoms with van der Waals surface area (Å²) in [5.41, 5.74) is 5.04. The number of benzene rings is 2. The molecule has 150 valence electrons. The Morgan fingerprint density at radius 3 is 2.45 bits per heavy atom. The lowest BCUT2D eigenvalue weighted by Gasteiger charge is -2.36. The molecule has 0 bridgehead atoms. The highest BCUT2D eigenvalue weighted by Gasteiger charge is 2.31. The molecule has 2 atom stereocenters. The molecule has 1 aliphatic rings. The van der Waals surface area contributed by atoms with Gasteiger partial charge in [-0.1, -0.05) is 42.5 Å². The molecular weight excluding hydrogens is 362 g/mol. The van der Waals surface area contributed by atoms with Crippen molar-refractivity contribution in [1.29, 1.82) is 0 Å². The van der Waals surface area contributed by atoms with Crippen LogP contribution in [-0.4, -0.2) is 44.9 Å². The first-order valence-corrected chi connectivity index (χ1v) is 10.1. The number of β-amino-alcohol motifs (C(OH)–C–C–N with tert-alkyl or cyclic N) is 1. The van der Waals surface area contributed by atoms with E-state index in [2.05, 4.69) is 11.2 Å². The van der Waals surface area contributed by atoms with Crippen LogP contribution in [0.3, 0.4) is 0 Å². The standard InChI is InChI=1S/C24H27N3O2/c1-17-14-18(2)27(25-17)15-19-8-10-21(11-9-19)24(29)26-13-12-22(23(28)16-26)20-6-4-3-5-7-20/h3-11,14,22-23,28H,12-13,15-16H2,1-2H3/t22-,23-/m1/s1. The van der Waals surface area contributed by atoms with Crippen molar-refractivity contribution in [1.82, 2.24) is 14.7 Å². The molecule has 1 aliphatic heterocycles. The highest BCUT2D eigenvalue weighted by atomic mass is 16.3. The van der Waals surface area contributed by atoms with Gasteiger partial charge in [0.05, 0.1) is 18.3 Å². The van der Waals surface area contributed by atoms with Gasteiger partial charge < -0.3 is 10.0 Å². The smallest absolute Gasteiger partial charge is 0.253 e. The van der Waals surface area contributed by atoms with E-state index in [1.165, 1.54) is 0 Å². The molecule has 5 nitrogen and oxygen atoms in total. The Kier molecular flexibility index (Phi) is 5.49. The highest BCUT2D eigenvalue weighted by molar-refractivity contribution is 5.94. The molecule has 3 aromatic rings. The summed E-state index contributed by atoms with van der Waals surface area (Å²) >= 11 is 0. The molecule has 1 N–H and O–H groups in total. The second-order valence-corrected chi connectivity index (χ2v) is 7.91. The zero-order valence-electron chi connectivity index (χ0n) is 17.0. The van der Waals surface area contributed by atoms with Crippen molar-refractivity contribution in [3.63, 3.8) is 0 Å². The summed E-state index contributed by atoms with van der Waals surface area (Å²) in [5, 5.41) is 15.1. The van der Waals surface area contributed by atoms with Gasteiger partial charge in [-0.15, -0.1) is 0 Å². The number of aliphatic hydroxyl groups is 1.